The highest BCUT2D eigenvalue weighted by atomic mass is 16.5. The Morgan fingerprint density at radius 2 is 1.92 bits per heavy atom. The molecule has 1 atom stereocenters. The fourth-order valence-electron chi connectivity index (χ4n) is 3.03. The van der Waals surface area contributed by atoms with E-state index in [0.717, 1.165) is 44.8 Å². The summed E-state index contributed by atoms with van der Waals surface area (Å²) in [4.78, 5) is 29.1. The fourth-order valence-corrected chi connectivity index (χ4v) is 3.03. The van der Waals surface area contributed by atoms with Gasteiger partial charge in [0.1, 0.15) is 6.04 Å². The Morgan fingerprint density at radius 1 is 1.23 bits per heavy atom. The summed E-state index contributed by atoms with van der Waals surface area (Å²) in [6.07, 6.45) is 1.23. The summed E-state index contributed by atoms with van der Waals surface area (Å²) >= 11 is 0. The Bertz CT molecular complexity index is 559. The van der Waals surface area contributed by atoms with Crippen molar-refractivity contribution in [2.75, 3.05) is 39.4 Å². The standard InChI is InChI=1S/C20H31N3O3/c1-3-7-19(24)23(16-18-8-5-4-6-9-18)17(2)20(25)21-10-11-22-12-14-26-15-13-22/h4-6,8-9,17H,3,7,10-16H2,1-2H3,(H,21,25)/t17-/m1/s1. The molecule has 1 saturated heterocycles. The molecule has 26 heavy (non-hydrogen) atoms. The molecule has 1 heterocycles. The highest BCUT2D eigenvalue weighted by Crippen LogP contribution is 2.11. The third kappa shape index (κ3) is 6.42. The van der Waals surface area contributed by atoms with Gasteiger partial charge in [0.25, 0.3) is 0 Å². The number of hydrogen-bond donors (Lipinski definition) is 1. The first-order valence-corrected chi connectivity index (χ1v) is 9.53. The van der Waals surface area contributed by atoms with E-state index >= 15 is 0 Å². The molecular formula is C20H31N3O3. The lowest BCUT2D eigenvalue weighted by Crippen LogP contribution is -2.49. The molecule has 0 radical (unpaired) electrons. The first-order chi connectivity index (χ1) is 12.6. The van der Waals surface area contributed by atoms with Crippen LogP contribution in [0.25, 0.3) is 0 Å². The number of nitrogens with one attached hydrogen (secondary N) is 1. The van der Waals surface area contributed by atoms with Gasteiger partial charge in [0, 0.05) is 39.1 Å². The van der Waals surface area contributed by atoms with Crippen molar-refractivity contribution in [1.82, 2.24) is 15.1 Å². The van der Waals surface area contributed by atoms with E-state index in [9.17, 15) is 9.59 Å². The van der Waals surface area contributed by atoms with E-state index in [1.54, 1.807) is 11.8 Å². The number of amides is 2. The maximum atomic E-state index is 12.6. The lowest BCUT2D eigenvalue weighted by atomic mass is 10.1. The van der Waals surface area contributed by atoms with Crippen LogP contribution in [0.15, 0.2) is 30.3 Å². The van der Waals surface area contributed by atoms with Crippen molar-refractivity contribution in [2.24, 2.45) is 0 Å². The number of ether oxygens (including phenoxy) is 1. The van der Waals surface area contributed by atoms with E-state index < -0.39 is 6.04 Å². The summed E-state index contributed by atoms with van der Waals surface area (Å²) in [6, 6.07) is 9.32. The van der Waals surface area contributed by atoms with Crippen LogP contribution in [0.1, 0.15) is 32.3 Å². The van der Waals surface area contributed by atoms with E-state index in [2.05, 4.69) is 10.2 Å². The van der Waals surface area contributed by atoms with Crippen LogP contribution in [-0.2, 0) is 20.9 Å². The number of nitrogens with zero attached hydrogens (tertiary/aromatic N) is 2. The summed E-state index contributed by atoms with van der Waals surface area (Å²) < 4.78 is 5.33. The summed E-state index contributed by atoms with van der Waals surface area (Å²) in [6.45, 7) is 8.94. The zero-order chi connectivity index (χ0) is 18.8. The van der Waals surface area contributed by atoms with Crippen LogP contribution in [0.5, 0.6) is 0 Å². The Morgan fingerprint density at radius 3 is 2.58 bits per heavy atom. The summed E-state index contributed by atoms with van der Waals surface area (Å²) in [5.74, 6) is -0.0779. The van der Waals surface area contributed by atoms with Crippen LogP contribution in [0.4, 0.5) is 0 Å². The molecule has 0 aliphatic carbocycles. The highest BCUT2D eigenvalue weighted by molar-refractivity contribution is 5.87. The predicted molar refractivity (Wildman–Crippen MR) is 102 cm³/mol. The normalized spacial score (nSPS) is 16.1. The van der Waals surface area contributed by atoms with Gasteiger partial charge in [-0.3, -0.25) is 14.5 Å². The molecule has 1 aromatic rings. The zero-order valence-corrected chi connectivity index (χ0v) is 15.9. The third-order valence-electron chi connectivity index (χ3n) is 4.66. The van der Waals surface area contributed by atoms with Crippen LogP contribution >= 0.6 is 0 Å². The minimum atomic E-state index is -0.487. The van der Waals surface area contributed by atoms with Crippen LogP contribution in [0.3, 0.4) is 0 Å². The van der Waals surface area contributed by atoms with Gasteiger partial charge in [-0.15, -0.1) is 0 Å². The molecule has 0 saturated carbocycles. The Balaban J connectivity index is 1.89. The van der Waals surface area contributed by atoms with Crippen LogP contribution in [0, 0.1) is 0 Å². The molecule has 1 N–H and O–H groups in total. The molecule has 6 heteroatoms. The lowest BCUT2D eigenvalue weighted by Gasteiger charge is -2.30. The van der Waals surface area contributed by atoms with E-state index in [1.165, 1.54) is 0 Å². The zero-order valence-electron chi connectivity index (χ0n) is 15.9. The average Bonchev–Trinajstić information content (AvgIpc) is 2.67. The Labute approximate surface area is 156 Å². The van der Waals surface area contributed by atoms with Gasteiger partial charge in [-0.2, -0.15) is 0 Å². The quantitative estimate of drug-likeness (QED) is 0.727. The molecule has 0 bridgehead atoms. The van der Waals surface area contributed by atoms with Crippen LogP contribution in [-0.4, -0.2) is 67.0 Å². The predicted octanol–water partition coefficient (Wildman–Crippen LogP) is 1.65. The molecule has 1 aliphatic rings. The Hall–Kier alpha value is -1.92. The lowest BCUT2D eigenvalue weighted by molar-refractivity contribution is -0.140. The summed E-state index contributed by atoms with van der Waals surface area (Å²) in [5.41, 5.74) is 1.03. The first-order valence-electron chi connectivity index (χ1n) is 9.53. The van der Waals surface area contributed by atoms with Crippen molar-refractivity contribution in [3.63, 3.8) is 0 Å². The minimum absolute atomic E-state index is 0.0205. The summed E-state index contributed by atoms with van der Waals surface area (Å²) in [7, 11) is 0. The monoisotopic (exact) mass is 361 g/mol. The van der Waals surface area contributed by atoms with Crippen LogP contribution in [0.2, 0.25) is 0 Å². The van der Waals surface area contributed by atoms with Crippen LogP contribution < -0.4 is 5.32 Å². The average molecular weight is 361 g/mol. The number of carbonyl (C=O) groups excluding carboxylic acids is 2. The van der Waals surface area contributed by atoms with Gasteiger partial charge in [-0.25, -0.2) is 0 Å². The highest BCUT2D eigenvalue weighted by Gasteiger charge is 2.25. The van der Waals surface area contributed by atoms with Crippen molar-refractivity contribution in [1.29, 1.82) is 0 Å². The second kappa shape index (κ2) is 10.9. The topological polar surface area (TPSA) is 61.9 Å². The molecule has 2 rings (SSSR count). The van der Waals surface area contributed by atoms with E-state index in [0.29, 0.717) is 19.5 Å². The molecule has 1 aliphatic heterocycles. The molecule has 0 aromatic heterocycles. The molecule has 2 amide bonds. The van der Waals surface area contributed by atoms with Gasteiger partial charge in [0.15, 0.2) is 0 Å². The van der Waals surface area contributed by atoms with Gasteiger partial charge >= 0.3 is 0 Å². The van der Waals surface area contributed by atoms with Gasteiger partial charge in [-0.1, -0.05) is 37.3 Å². The third-order valence-corrected chi connectivity index (χ3v) is 4.66. The SMILES string of the molecule is CCCC(=O)N(Cc1ccccc1)[C@H](C)C(=O)NCCN1CCOCC1. The largest absolute Gasteiger partial charge is 0.379 e. The number of carbonyl (C=O) groups is 2. The fraction of sp³-hybridized carbons (Fsp3) is 0.600. The number of morpholine rings is 1. The van der Waals surface area contributed by atoms with Crippen molar-refractivity contribution in [2.45, 2.75) is 39.3 Å². The molecule has 1 fully saturated rings. The maximum absolute atomic E-state index is 12.6. The number of benzene rings is 1. The van der Waals surface area contributed by atoms with E-state index in [4.69, 9.17) is 4.74 Å². The van der Waals surface area contributed by atoms with Gasteiger partial charge < -0.3 is 15.0 Å². The molecule has 0 spiro atoms. The van der Waals surface area contributed by atoms with Gasteiger partial charge in [-0.05, 0) is 18.9 Å². The molecule has 0 unspecified atom stereocenters. The second-order valence-corrected chi connectivity index (χ2v) is 6.68. The van der Waals surface area contributed by atoms with E-state index in [-0.39, 0.29) is 11.8 Å². The summed E-state index contributed by atoms with van der Waals surface area (Å²) in [5, 5.41) is 2.98. The maximum Gasteiger partial charge on any atom is 0.242 e. The van der Waals surface area contributed by atoms with Gasteiger partial charge in [0.05, 0.1) is 13.2 Å². The minimum Gasteiger partial charge on any atom is -0.379 e. The second-order valence-electron chi connectivity index (χ2n) is 6.68. The van der Waals surface area contributed by atoms with Gasteiger partial charge in [0.2, 0.25) is 11.8 Å². The van der Waals surface area contributed by atoms with Crippen molar-refractivity contribution >= 4 is 11.8 Å². The Kier molecular flexibility index (Phi) is 8.58. The van der Waals surface area contributed by atoms with Crippen molar-refractivity contribution in [3.8, 4) is 0 Å². The van der Waals surface area contributed by atoms with E-state index in [1.807, 2.05) is 37.3 Å². The smallest absolute Gasteiger partial charge is 0.242 e. The first kappa shape index (κ1) is 20.4. The molecular weight excluding hydrogens is 330 g/mol. The number of hydrogen-bond acceptors (Lipinski definition) is 4. The molecule has 144 valence electrons. The molecule has 1 aromatic carbocycles. The molecule has 6 nitrogen and oxygen atoms in total. The van der Waals surface area contributed by atoms with Crippen molar-refractivity contribution in [3.05, 3.63) is 35.9 Å². The number of rotatable bonds is 9. The van der Waals surface area contributed by atoms with Crippen molar-refractivity contribution < 1.29 is 14.3 Å².